The number of benzene rings is 1. The van der Waals surface area contributed by atoms with Crippen molar-refractivity contribution in [1.82, 2.24) is 20.0 Å². The molecule has 2 atom stereocenters. The number of aryl methyl sites for hydroxylation is 2. The molecular formula is C20H24N4O2. The molecule has 136 valence electrons. The quantitative estimate of drug-likeness (QED) is 0.900. The number of aromatic nitrogens is 2. The lowest BCUT2D eigenvalue weighted by Crippen LogP contribution is -2.54. The van der Waals surface area contributed by atoms with E-state index in [1.807, 2.05) is 42.1 Å². The molecule has 1 aromatic heterocycles. The normalized spacial score (nSPS) is 21.5. The van der Waals surface area contributed by atoms with Crippen molar-refractivity contribution in [1.29, 1.82) is 0 Å². The summed E-state index contributed by atoms with van der Waals surface area (Å²) >= 11 is 0. The summed E-state index contributed by atoms with van der Waals surface area (Å²) in [6.45, 7) is 5.21. The van der Waals surface area contributed by atoms with Crippen molar-refractivity contribution >= 4 is 11.9 Å². The van der Waals surface area contributed by atoms with Crippen LogP contribution in [0.15, 0.2) is 30.5 Å². The van der Waals surface area contributed by atoms with Crippen LogP contribution in [0.25, 0.3) is 0 Å². The molecule has 1 saturated heterocycles. The Hall–Kier alpha value is -2.63. The summed E-state index contributed by atoms with van der Waals surface area (Å²) in [5.74, 6) is -0.295. The Balaban J connectivity index is 1.53. The first kappa shape index (κ1) is 16.8. The van der Waals surface area contributed by atoms with Crippen molar-refractivity contribution in [3.8, 4) is 0 Å². The first-order chi connectivity index (χ1) is 12.6. The van der Waals surface area contributed by atoms with Crippen LogP contribution in [-0.2, 0) is 24.3 Å². The lowest BCUT2D eigenvalue weighted by Gasteiger charge is -2.34. The van der Waals surface area contributed by atoms with Gasteiger partial charge in [-0.1, -0.05) is 37.6 Å². The molecule has 1 fully saturated rings. The molecule has 1 aromatic carbocycles. The van der Waals surface area contributed by atoms with E-state index < -0.39 is 0 Å². The summed E-state index contributed by atoms with van der Waals surface area (Å²) in [7, 11) is 0. The fourth-order valence-electron chi connectivity index (χ4n) is 3.98. The average molecular weight is 352 g/mol. The molecule has 0 unspecified atom stereocenters. The van der Waals surface area contributed by atoms with Crippen molar-refractivity contribution in [2.75, 3.05) is 0 Å². The summed E-state index contributed by atoms with van der Waals surface area (Å²) in [5.41, 5.74) is 4.03. The third kappa shape index (κ3) is 2.79. The van der Waals surface area contributed by atoms with Gasteiger partial charge in [0.25, 0.3) is 0 Å². The van der Waals surface area contributed by atoms with Gasteiger partial charge in [-0.05, 0) is 30.9 Å². The molecule has 0 bridgehead atoms. The van der Waals surface area contributed by atoms with E-state index in [1.54, 1.807) is 0 Å². The summed E-state index contributed by atoms with van der Waals surface area (Å²) in [6.07, 6.45) is 4.81. The SMILES string of the molecule is CCCCn1cc(CN2C(=O)N[C@H]3c4ccccc4C[C@H]3C2=O)c(C)n1. The number of nitrogens with zero attached hydrogens (tertiary/aromatic N) is 3. The minimum absolute atomic E-state index is 0.0874. The minimum atomic E-state index is -0.311. The average Bonchev–Trinajstić information content (AvgIpc) is 3.17. The monoisotopic (exact) mass is 352 g/mol. The Morgan fingerprint density at radius 2 is 2.08 bits per heavy atom. The molecule has 2 aliphatic rings. The molecule has 4 rings (SSSR count). The first-order valence-electron chi connectivity index (χ1n) is 9.31. The van der Waals surface area contributed by atoms with Crippen molar-refractivity contribution in [2.24, 2.45) is 5.92 Å². The molecule has 3 amide bonds. The van der Waals surface area contributed by atoms with E-state index in [-0.39, 0.29) is 30.4 Å². The summed E-state index contributed by atoms with van der Waals surface area (Å²) in [5, 5.41) is 7.54. The number of amides is 3. The van der Waals surface area contributed by atoms with Gasteiger partial charge in [0, 0.05) is 18.3 Å². The van der Waals surface area contributed by atoms with Crippen molar-refractivity contribution in [2.45, 2.75) is 52.2 Å². The number of fused-ring (bicyclic) bond motifs is 3. The third-order valence-electron chi connectivity index (χ3n) is 5.46. The highest BCUT2D eigenvalue weighted by atomic mass is 16.2. The lowest BCUT2D eigenvalue weighted by atomic mass is 9.96. The Bertz CT molecular complexity index is 857. The van der Waals surface area contributed by atoms with Crippen molar-refractivity contribution < 1.29 is 9.59 Å². The predicted molar refractivity (Wildman–Crippen MR) is 97.3 cm³/mol. The summed E-state index contributed by atoms with van der Waals surface area (Å²) < 4.78 is 1.91. The van der Waals surface area contributed by atoms with Crippen LogP contribution in [0.2, 0.25) is 0 Å². The number of carbonyl (C=O) groups is 2. The summed E-state index contributed by atoms with van der Waals surface area (Å²) in [6, 6.07) is 7.47. The zero-order valence-electron chi connectivity index (χ0n) is 15.2. The van der Waals surface area contributed by atoms with Crippen molar-refractivity contribution in [3.05, 3.63) is 52.8 Å². The van der Waals surface area contributed by atoms with Gasteiger partial charge in [-0.15, -0.1) is 0 Å². The van der Waals surface area contributed by atoms with Crippen LogP contribution in [0.4, 0.5) is 4.79 Å². The van der Waals surface area contributed by atoms with Gasteiger partial charge in [-0.3, -0.25) is 14.4 Å². The van der Waals surface area contributed by atoms with Crippen LogP contribution >= 0.6 is 0 Å². The van der Waals surface area contributed by atoms with Crippen LogP contribution in [0.3, 0.4) is 0 Å². The molecule has 1 N–H and O–H groups in total. The number of urea groups is 1. The molecule has 0 spiro atoms. The summed E-state index contributed by atoms with van der Waals surface area (Å²) in [4.78, 5) is 27.0. The lowest BCUT2D eigenvalue weighted by molar-refractivity contribution is -0.135. The zero-order chi connectivity index (χ0) is 18.3. The highest BCUT2D eigenvalue weighted by Gasteiger charge is 2.46. The van der Waals surface area contributed by atoms with Crippen LogP contribution in [0.1, 0.15) is 48.2 Å². The number of unbranched alkanes of at least 4 members (excludes halogenated alkanes) is 1. The van der Waals surface area contributed by atoms with E-state index in [9.17, 15) is 9.59 Å². The molecule has 6 nitrogen and oxygen atoms in total. The number of rotatable bonds is 5. The maximum absolute atomic E-state index is 13.0. The van der Waals surface area contributed by atoms with E-state index in [2.05, 4.69) is 17.3 Å². The van der Waals surface area contributed by atoms with Gasteiger partial charge in [0.05, 0.1) is 24.2 Å². The zero-order valence-corrected chi connectivity index (χ0v) is 15.2. The Kier molecular flexibility index (Phi) is 4.26. The number of carbonyl (C=O) groups excluding carboxylic acids is 2. The topological polar surface area (TPSA) is 67.2 Å². The van der Waals surface area contributed by atoms with Gasteiger partial charge in [0.2, 0.25) is 5.91 Å². The standard InChI is InChI=1S/C20H24N4O2/c1-3-4-9-23-11-15(13(2)22-23)12-24-19(25)17-10-14-7-5-6-8-16(14)18(17)21-20(24)26/h5-8,11,17-18H,3-4,9-10,12H2,1-2H3,(H,21,26)/t17-,18+/m1/s1. The van der Waals surface area contributed by atoms with E-state index in [0.29, 0.717) is 6.42 Å². The molecular weight excluding hydrogens is 328 g/mol. The largest absolute Gasteiger partial charge is 0.330 e. The van der Waals surface area contributed by atoms with Gasteiger partial charge >= 0.3 is 6.03 Å². The predicted octanol–water partition coefficient (Wildman–Crippen LogP) is 2.96. The minimum Gasteiger partial charge on any atom is -0.330 e. The van der Waals surface area contributed by atoms with E-state index in [4.69, 9.17) is 0 Å². The van der Waals surface area contributed by atoms with E-state index in [1.165, 1.54) is 4.90 Å². The van der Waals surface area contributed by atoms with Gasteiger partial charge < -0.3 is 5.32 Å². The van der Waals surface area contributed by atoms with Crippen LogP contribution in [0, 0.1) is 12.8 Å². The molecule has 26 heavy (non-hydrogen) atoms. The smallest absolute Gasteiger partial charge is 0.324 e. The fourth-order valence-corrected chi connectivity index (χ4v) is 3.98. The maximum atomic E-state index is 13.0. The van der Waals surface area contributed by atoms with Gasteiger partial charge in [-0.2, -0.15) is 5.10 Å². The van der Waals surface area contributed by atoms with Crippen LogP contribution in [-0.4, -0.2) is 26.6 Å². The Morgan fingerprint density at radius 1 is 1.27 bits per heavy atom. The molecule has 0 radical (unpaired) electrons. The van der Waals surface area contributed by atoms with Crippen molar-refractivity contribution in [3.63, 3.8) is 0 Å². The highest BCUT2D eigenvalue weighted by molar-refractivity contribution is 5.99. The number of hydrogen-bond acceptors (Lipinski definition) is 3. The molecule has 0 saturated carbocycles. The molecule has 1 aliphatic heterocycles. The number of nitrogens with one attached hydrogen (secondary N) is 1. The number of imide groups is 1. The van der Waals surface area contributed by atoms with Crippen LogP contribution < -0.4 is 5.32 Å². The second-order valence-corrected chi connectivity index (χ2v) is 7.22. The van der Waals surface area contributed by atoms with E-state index >= 15 is 0 Å². The maximum Gasteiger partial charge on any atom is 0.324 e. The molecule has 6 heteroatoms. The Morgan fingerprint density at radius 3 is 2.88 bits per heavy atom. The van der Waals surface area contributed by atoms with Crippen LogP contribution in [0.5, 0.6) is 0 Å². The second-order valence-electron chi connectivity index (χ2n) is 7.22. The Labute approximate surface area is 153 Å². The van der Waals surface area contributed by atoms with Gasteiger partial charge in [0.15, 0.2) is 0 Å². The van der Waals surface area contributed by atoms with Gasteiger partial charge in [-0.25, -0.2) is 4.79 Å². The highest BCUT2D eigenvalue weighted by Crippen LogP contribution is 2.39. The second kappa shape index (κ2) is 6.59. The fraction of sp³-hybridized carbons (Fsp3) is 0.450. The number of hydrogen-bond donors (Lipinski definition) is 1. The molecule has 2 aromatic rings. The van der Waals surface area contributed by atoms with Gasteiger partial charge in [0.1, 0.15) is 0 Å². The molecule has 1 aliphatic carbocycles. The third-order valence-corrected chi connectivity index (χ3v) is 5.46. The first-order valence-corrected chi connectivity index (χ1v) is 9.31. The molecule has 2 heterocycles. The van der Waals surface area contributed by atoms with E-state index in [0.717, 1.165) is 41.8 Å².